The number of likely N-dealkylation sites (tertiary alicyclic amines) is 2. The fourth-order valence-electron chi connectivity index (χ4n) is 7.30. The van der Waals surface area contributed by atoms with Crippen molar-refractivity contribution in [2.24, 2.45) is 11.3 Å². The monoisotopic (exact) mass is 616 g/mol. The number of fused-ring (bicyclic) bond motifs is 2. The lowest BCUT2D eigenvalue weighted by atomic mass is 9.70. The number of hydrogen-bond acceptors (Lipinski definition) is 2. The number of benzene rings is 2. The Morgan fingerprint density at radius 2 is 1.63 bits per heavy atom. The van der Waals surface area contributed by atoms with E-state index in [-0.39, 0.29) is 22.3 Å². The Kier molecular flexibility index (Phi) is 11.5. The molecule has 2 aromatic rings. The summed E-state index contributed by atoms with van der Waals surface area (Å²) in [5, 5.41) is 0.880. The first-order chi connectivity index (χ1) is 20.1. The van der Waals surface area contributed by atoms with Crippen LogP contribution in [0.25, 0.3) is 0 Å². The summed E-state index contributed by atoms with van der Waals surface area (Å²) in [7, 11) is 0. The van der Waals surface area contributed by atoms with Gasteiger partial charge in [-0.25, -0.2) is 8.78 Å². The number of halogens is 3. The number of carbonyl (C=O) groups excluding carboxylic acids is 1. The van der Waals surface area contributed by atoms with E-state index in [9.17, 15) is 13.6 Å². The number of amides is 1. The van der Waals surface area contributed by atoms with Gasteiger partial charge in [-0.2, -0.15) is 0 Å². The van der Waals surface area contributed by atoms with Gasteiger partial charge in [0.25, 0.3) is 0 Å². The third-order valence-corrected chi connectivity index (χ3v) is 10.6. The first kappa shape index (κ1) is 35.5. The van der Waals surface area contributed by atoms with Crippen molar-refractivity contribution in [3.05, 3.63) is 69.2 Å². The molecule has 3 aliphatic rings. The Bertz CT molecular complexity index is 1240. The van der Waals surface area contributed by atoms with E-state index in [1.54, 1.807) is 6.07 Å². The molecule has 1 spiro atoms. The highest BCUT2D eigenvalue weighted by atomic mass is 35.5. The van der Waals surface area contributed by atoms with Crippen LogP contribution in [0, 0.1) is 29.9 Å². The minimum Gasteiger partial charge on any atom is -0.345 e. The number of rotatable bonds is 3. The van der Waals surface area contributed by atoms with Gasteiger partial charge in [0.2, 0.25) is 6.41 Å². The summed E-state index contributed by atoms with van der Waals surface area (Å²) in [6.07, 6.45) is 5.38. The van der Waals surface area contributed by atoms with Crippen molar-refractivity contribution in [3.63, 3.8) is 0 Å². The summed E-state index contributed by atoms with van der Waals surface area (Å²) in [5.74, 6) is 0.228. The van der Waals surface area contributed by atoms with Gasteiger partial charge in [-0.15, -0.1) is 0 Å². The van der Waals surface area contributed by atoms with Crippen molar-refractivity contribution >= 4 is 18.0 Å². The van der Waals surface area contributed by atoms with Crippen LogP contribution in [0.15, 0.2) is 30.3 Å². The molecule has 2 saturated heterocycles. The van der Waals surface area contributed by atoms with Crippen LogP contribution < -0.4 is 0 Å². The molecule has 2 aromatic carbocycles. The van der Waals surface area contributed by atoms with Crippen LogP contribution in [0.3, 0.4) is 0 Å². The van der Waals surface area contributed by atoms with Crippen molar-refractivity contribution in [2.45, 2.75) is 118 Å². The van der Waals surface area contributed by atoms with Crippen LogP contribution in [0.2, 0.25) is 5.02 Å². The smallest absolute Gasteiger partial charge is 0.209 e. The average Bonchev–Trinajstić information content (AvgIpc) is 3.56. The number of aryl methyl sites for hydroxylation is 1. The molecule has 1 amide bonds. The fourth-order valence-corrected chi connectivity index (χ4v) is 7.46. The quantitative estimate of drug-likeness (QED) is 0.320. The Balaban J connectivity index is 0.000000225. The van der Waals surface area contributed by atoms with Gasteiger partial charge in [0.15, 0.2) is 0 Å². The lowest BCUT2D eigenvalue weighted by Crippen LogP contribution is -2.41. The highest BCUT2D eigenvalue weighted by Gasteiger charge is 2.48. The summed E-state index contributed by atoms with van der Waals surface area (Å²) >= 11 is 6.45. The zero-order valence-electron chi connectivity index (χ0n) is 28.3. The molecule has 43 heavy (non-hydrogen) atoms. The van der Waals surface area contributed by atoms with Crippen molar-refractivity contribution in [1.29, 1.82) is 0 Å². The van der Waals surface area contributed by atoms with E-state index in [0.717, 1.165) is 62.9 Å². The standard InChI is InChI=1S/C19H26ClNO.C16H23F2N.C2H6/c1-13-9-14-15(10-17(13)20)19(11-16(14)18(2,3)4)5-7-21(12-22)8-6-19;1-11(14-6-5-13(17)9-15(14)18)12-7-8-19(10-12)16(2,3)4;1-2/h9-10,12,16H,5-8,11H2,1-4H3;5-6,9,11-12H,7-8,10H2,1-4H3;1-2H3. The van der Waals surface area contributed by atoms with E-state index >= 15 is 0 Å². The second-order valence-electron chi connectivity index (χ2n) is 14.9. The summed E-state index contributed by atoms with van der Waals surface area (Å²) in [6.45, 7) is 25.6. The second kappa shape index (κ2) is 14.0. The minimum absolute atomic E-state index is 0.132. The molecular weight excluding hydrogens is 562 g/mol. The van der Waals surface area contributed by atoms with Gasteiger partial charge in [0.05, 0.1) is 0 Å². The molecule has 2 fully saturated rings. The maximum atomic E-state index is 13.8. The number of hydrogen-bond donors (Lipinski definition) is 0. The Morgan fingerprint density at radius 1 is 1.00 bits per heavy atom. The van der Waals surface area contributed by atoms with Gasteiger partial charge >= 0.3 is 0 Å². The lowest BCUT2D eigenvalue weighted by Gasteiger charge is -2.40. The van der Waals surface area contributed by atoms with Crippen molar-refractivity contribution in [2.75, 3.05) is 26.2 Å². The Morgan fingerprint density at radius 3 is 2.14 bits per heavy atom. The van der Waals surface area contributed by atoms with E-state index in [2.05, 4.69) is 65.5 Å². The van der Waals surface area contributed by atoms with Gasteiger partial charge in [-0.1, -0.05) is 65.3 Å². The minimum atomic E-state index is -0.504. The largest absolute Gasteiger partial charge is 0.345 e. The van der Waals surface area contributed by atoms with Crippen LogP contribution in [0.4, 0.5) is 8.78 Å². The van der Waals surface area contributed by atoms with E-state index in [4.69, 9.17) is 11.6 Å². The normalized spacial score (nSPS) is 22.3. The highest BCUT2D eigenvalue weighted by Crippen LogP contribution is 2.57. The maximum Gasteiger partial charge on any atom is 0.209 e. The second-order valence-corrected chi connectivity index (χ2v) is 15.3. The van der Waals surface area contributed by atoms with Crippen LogP contribution >= 0.6 is 11.6 Å². The zero-order chi connectivity index (χ0) is 32.3. The molecule has 6 heteroatoms. The Hall–Kier alpha value is -1.98. The molecule has 3 atom stereocenters. The summed E-state index contributed by atoms with van der Waals surface area (Å²) < 4.78 is 26.8. The summed E-state index contributed by atoms with van der Waals surface area (Å²) in [5.41, 5.74) is 5.39. The number of carbonyl (C=O) groups is 1. The first-order valence-electron chi connectivity index (χ1n) is 16.3. The third kappa shape index (κ3) is 8.00. The van der Waals surface area contributed by atoms with E-state index in [0.29, 0.717) is 17.4 Å². The SMILES string of the molecule is CC.CC(c1ccc(F)cc1F)C1CCN(C(C)(C)C)C1.Cc1cc2c(cc1Cl)C1(CCN(C=O)CC1)CC2C(C)(C)C. The number of nitrogens with zero attached hydrogens (tertiary/aromatic N) is 2. The van der Waals surface area contributed by atoms with Gasteiger partial charge in [-0.3, -0.25) is 9.69 Å². The van der Waals surface area contributed by atoms with Gasteiger partial charge in [0, 0.05) is 36.3 Å². The molecule has 5 rings (SSSR count). The molecule has 0 saturated carbocycles. The average molecular weight is 617 g/mol. The highest BCUT2D eigenvalue weighted by molar-refractivity contribution is 6.31. The van der Waals surface area contributed by atoms with E-state index < -0.39 is 11.6 Å². The molecule has 3 unspecified atom stereocenters. The molecule has 3 nitrogen and oxygen atoms in total. The van der Waals surface area contributed by atoms with E-state index in [1.165, 1.54) is 29.2 Å². The van der Waals surface area contributed by atoms with E-state index in [1.807, 2.05) is 25.7 Å². The fraction of sp³-hybridized carbons (Fsp3) is 0.649. The van der Waals surface area contributed by atoms with Crippen LogP contribution in [-0.2, 0) is 10.2 Å². The topological polar surface area (TPSA) is 23.6 Å². The van der Waals surface area contributed by atoms with Crippen molar-refractivity contribution in [3.8, 4) is 0 Å². The summed E-state index contributed by atoms with van der Waals surface area (Å²) in [6, 6.07) is 8.46. The third-order valence-electron chi connectivity index (χ3n) is 10.2. The van der Waals surface area contributed by atoms with Crippen molar-refractivity contribution in [1.82, 2.24) is 9.80 Å². The zero-order valence-corrected chi connectivity index (χ0v) is 29.0. The molecule has 2 heterocycles. The predicted octanol–water partition coefficient (Wildman–Crippen LogP) is 9.89. The van der Waals surface area contributed by atoms with Crippen LogP contribution in [0.5, 0.6) is 0 Å². The summed E-state index contributed by atoms with van der Waals surface area (Å²) in [4.78, 5) is 15.4. The molecule has 0 aromatic heterocycles. The molecule has 0 N–H and O–H groups in total. The van der Waals surface area contributed by atoms with Crippen LogP contribution in [-0.4, -0.2) is 47.9 Å². The maximum absolute atomic E-state index is 13.8. The molecule has 0 radical (unpaired) electrons. The van der Waals surface area contributed by atoms with Gasteiger partial charge in [-0.05, 0) is 123 Å². The molecule has 2 aliphatic heterocycles. The van der Waals surface area contributed by atoms with Crippen molar-refractivity contribution < 1.29 is 13.6 Å². The van der Waals surface area contributed by atoms with Crippen LogP contribution in [0.1, 0.15) is 122 Å². The van der Waals surface area contributed by atoms with Gasteiger partial charge < -0.3 is 4.90 Å². The first-order valence-corrected chi connectivity index (χ1v) is 16.6. The molecule has 1 aliphatic carbocycles. The van der Waals surface area contributed by atoms with Gasteiger partial charge in [0.1, 0.15) is 11.6 Å². The molecular formula is C37H55ClF2N2O. The molecule has 0 bridgehead atoms. The lowest BCUT2D eigenvalue weighted by molar-refractivity contribution is -0.119. The number of piperidine rings is 1. The molecule has 240 valence electrons. The predicted molar refractivity (Wildman–Crippen MR) is 177 cm³/mol. The Labute approximate surface area is 265 Å².